The normalized spacial score (nSPS) is 12.5. The van der Waals surface area contributed by atoms with Crippen molar-refractivity contribution in [3.63, 3.8) is 0 Å². The van der Waals surface area contributed by atoms with E-state index in [1.165, 1.54) is 6.07 Å². The van der Waals surface area contributed by atoms with Crippen LogP contribution in [0.5, 0.6) is 0 Å². The molecule has 0 bridgehead atoms. The molecule has 0 aromatic heterocycles. The second-order valence-electron chi connectivity index (χ2n) is 4.92. The first-order chi connectivity index (χ1) is 8.97. The Bertz CT molecular complexity index is 593. The molecule has 2 aromatic rings. The smallest absolute Gasteiger partial charge is 0.159 e. The Kier molecular flexibility index (Phi) is 3.96. The van der Waals surface area contributed by atoms with Crippen LogP contribution in [0, 0.1) is 25.5 Å². The van der Waals surface area contributed by atoms with Gasteiger partial charge >= 0.3 is 0 Å². The maximum atomic E-state index is 13.2. The van der Waals surface area contributed by atoms with Crippen LogP contribution in [-0.2, 0) is 6.42 Å². The second-order valence-corrected chi connectivity index (χ2v) is 4.92. The van der Waals surface area contributed by atoms with Crippen LogP contribution in [-0.4, -0.2) is 0 Å². The highest BCUT2D eigenvalue weighted by molar-refractivity contribution is 5.34. The number of aryl methyl sites for hydroxylation is 2. The number of hydrogen-bond acceptors (Lipinski definition) is 1. The molecule has 1 nitrogen and oxygen atoms in total. The Hall–Kier alpha value is -1.74. The van der Waals surface area contributed by atoms with E-state index < -0.39 is 11.6 Å². The van der Waals surface area contributed by atoms with Gasteiger partial charge in [-0.1, -0.05) is 29.8 Å². The van der Waals surface area contributed by atoms with E-state index in [1.807, 2.05) is 32.0 Å². The van der Waals surface area contributed by atoms with E-state index in [2.05, 4.69) is 0 Å². The molecule has 3 heteroatoms. The summed E-state index contributed by atoms with van der Waals surface area (Å²) in [6, 6.07) is 9.80. The average molecular weight is 261 g/mol. The Morgan fingerprint density at radius 2 is 1.74 bits per heavy atom. The van der Waals surface area contributed by atoms with Gasteiger partial charge in [0.1, 0.15) is 0 Å². The summed E-state index contributed by atoms with van der Waals surface area (Å²) in [4.78, 5) is 0. The second kappa shape index (κ2) is 5.49. The van der Waals surface area contributed by atoms with Gasteiger partial charge in [0, 0.05) is 6.04 Å². The summed E-state index contributed by atoms with van der Waals surface area (Å²) in [7, 11) is 0. The Morgan fingerprint density at radius 1 is 1.00 bits per heavy atom. The lowest BCUT2D eigenvalue weighted by molar-refractivity contribution is 0.506. The third-order valence-corrected chi connectivity index (χ3v) is 3.27. The van der Waals surface area contributed by atoms with Crippen LogP contribution in [0.15, 0.2) is 36.4 Å². The van der Waals surface area contributed by atoms with Gasteiger partial charge in [0.25, 0.3) is 0 Å². The maximum Gasteiger partial charge on any atom is 0.159 e. The van der Waals surface area contributed by atoms with Crippen LogP contribution in [0.4, 0.5) is 8.78 Å². The largest absolute Gasteiger partial charge is 0.324 e. The predicted molar refractivity (Wildman–Crippen MR) is 72.9 cm³/mol. The van der Waals surface area contributed by atoms with Gasteiger partial charge in [-0.15, -0.1) is 0 Å². The van der Waals surface area contributed by atoms with Crippen LogP contribution in [0.1, 0.15) is 28.3 Å². The molecule has 2 rings (SSSR count). The summed E-state index contributed by atoms with van der Waals surface area (Å²) in [6.07, 6.45) is 0.488. The number of benzene rings is 2. The molecule has 0 aliphatic rings. The van der Waals surface area contributed by atoms with Gasteiger partial charge in [-0.25, -0.2) is 8.78 Å². The van der Waals surface area contributed by atoms with Crippen molar-refractivity contribution >= 4 is 0 Å². The number of hydrogen-bond donors (Lipinski definition) is 1. The first-order valence-electron chi connectivity index (χ1n) is 6.24. The molecule has 1 unspecified atom stereocenters. The molecule has 0 aliphatic heterocycles. The van der Waals surface area contributed by atoms with Gasteiger partial charge in [0.05, 0.1) is 0 Å². The first kappa shape index (κ1) is 13.7. The van der Waals surface area contributed by atoms with Crippen molar-refractivity contribution in [2.24, 2.45) is 5.73 Å². The zero-order valence-electron chi connectivity index (χ0n) is 11.1. The fourth-order valence-electron chi connectivity index (χ4n) is 2.19. The van der Waals surface area contributed by atoms with Crippen molar-refractivity contribution in [2.45, 2.75) is 26.3 Å². The van der Waals surface area contributed by atoms with Gasteiger partial charge < -0.3 is 5.73 Å². The van der Waals surface area contributed by atoms with Crippen LogP contribution >= 0.6 is 0 Å². The summed E-state index contributed by atoms with van der Waals surface area (Å²) in [6.45, 7) is 4.01. The van der Waals surface area contributed by atoms with Crippen LogP contribution in [0.3, 0.4) is 0 Å². The van der Waals surface area contributed by atoms with Crippen molar-refractivity contribution in [3.05, 3.63) is 70.3 Å². The fourth-order valence-corrected chi connectivity index (χ4v) is 2.19. The predicted octanol–water partition coefficient (Wildman–Crippen LogP) is 3.82. The standard InChI is InChI=1S/C16H17F2N/c1-10-3-4-11(2)13(7-10)16(19)9-12-5-6-14(17)15(18)8-12/h3-8,16H,9,19H2,1-2H3. The summed E-state index contributed by atoms with van der Waals surface area (Å²) < 4.78 is 26.0. The van der Waals surface area contributed by atoms with E-state index in [1.54, 1.807) is 6.07 Å². The third-order valence-electron chi connectivity index (χ3n) is 3.27. The summed E-state index contributed by atoms with van der Waals surface area (Å²) in [5.74, 6) is -1.66. The van der Waals surface area contributed by atoms with Gasteiger partial charge in [0.2, 0.25) is 0 Å². The molecule has 0 radical (unpaired) electrons. The highest BCUT2D eigenvalue weighted by Gasteiger charge is 2.11. The molecule has 1 atom stereocenters. The Balaban J connectivity index is 2.22. The minimum absolute atomic E-state index is 0.218. The molecule has 0 amide bonds. The molecular weight excluding hydrogens is 244 g/mol. The lowest BCUT2D eigenvalue weighted by atomic mass is 9.94. The first-order valence-corrected chi connectivity index (χ1v) is 6.24. The SMILES string of the molecule is Cc1ccc(C)c(C(N)Cc2ccc(F)c(F)c2)c1. The lowest BCUT2D eigenvalue weighted by Gasteiger charge is -2.16. The molecule has 2 aromatic carbocycles. The molecule has 100 valence electrons. The molecule has 0 saturated heterocycles. The Morgan fingerprint density at radius 3 is 2.42 bits per heavy atom. The van der Waals surface area contributed by atoms with Crippen molar-refractivity contribution < 1.29 is 8.78 Å². The molecular formula is C16H17F2N. The Labute approximate surface area is 112 Å². The van der Waals surface area contributed by atoms with E-state index in [0.29, 0.717) is 12.0 Å². The van der Waals surface area contributed by atoms with Crippen molar-refractivity contribution in [3.8, 4) is 0 Å². The summed E-state index contributed by atoms with van der Waals surface area (Å²) in [5, 5.41) is 0. The van der Waals surface area contributed by atoms with Crippen LogP contribution < -0.4 is 5.73 Å². The highest BCUT2D eigenvalue weighted by Crippen LogP contribution is 2.21. The van der Waals surface area contributed by atoms with E-state index in [0.717, 1.165) is 22.8 Å². The van der Waals surface area contributed by atoms with Gasteiger partial charge in [-0.05, 0) is 49.1 Å². The molecule has 0 spiro atoms. The van der Waals surface area contributed by atoms with E-state index in [4.69, 9.17) is 5.73 Å². The average Bonchev–Trinajstić information content (AvgIpc) is 2.36. The van der Waals surface area contributed by atoms with Gasteiger partial charge in [-0.3, -0.25) is 0 Å². The van der Waals surface area contributed by atoms with E-state index in [9.17, 15) is 8.78 Å². The zero-order valence-corrected chi connectivity index (χ0v) is 11.1. The van der Waals surface area contributed by atoms with Crippen LogP contribution in [0.25, 0.3) is 0 Å². The number of nitrogens with two attached hydrogens (primary N) is 1. The molecule has 0 aliphatic carbocycles. The van der Waals surface area contributed by atoms with Crippen molar-refractivity contribution in [2.75, 3.05) is 0 Å². The number of rotatable bonds is 3. The molecule has 0 fully saturated rings. The lowest BCUT2D eigenvalue weighted by Crippen LogP contribution is -2.15. The maximum absolute atomic E-state index is 13.2. The highest BCUT2D eigenvalue weighted by atomic mass is 19.2. The molecule has 0 saturated carbocycles. The molecule has 2 N–H and O–H groups in total. The van der Waals surface area contributed by atoms with Gasteiger partial charge in [0.15, 0.2) is 11.6 Å². The molecule has 19 heavy (non-hydrogen) atoms. The summed E-state index contributed by atoms with van der Waals surface area (Å²) >= 11 is 0. The minimum Gasteiger partial charge on any atom is -0.324 e. The zero-order chi connectivity index (χ0) is 14.0. The topological polar surface area (TPSA) is 26.0 Å². The quantitative estimate of drug-likeness (QED) is 0.893. The molecule has 0 heterocycles. The van der Waals surface area contributed by atoms with E-state index in [-0.39, 0.29) is 6.04 Å². The summed E-state index contributed by atoms with van der Waals surface area (Å²) in [5.41, 5.74) is 10.2. The van der Waals surface area contributed by atoms with Crippen molar-refractivity contribution in [1.82, 2.24) is 0 Å². The minimum atomic E-state index is -0.830. The van der Waals surface area contributed by atoms with Gasteiger partial charge in [-0.2, -0.15) is 0 Å². The fraction of sp³-hybridized carbons (Fsp3) is 0.250. The number of halogens is 2. The van der Waals surface area contributed by atoms with Crippen LogP contribution in [0.2, 0.25) is 0 Å². The third kappa shape index (κ3) is 3.18. The monoisotopic (exact) mass is 261 g/mol. The van der Waals surface area contributed by atoms with E-state index >= 15 is 0 Å². The van der Waals surface area contributed by atoms with Crippen molar-refractivity contribution in [1.29, 1.82) is 0 Å².